The average molecular weight is 308 g/mol. The first kappa shape index (κ1) is 14.8. The molecule has 5 nitrogen and oxygen atoms in total. The zero-order valence-electron chi connectivity index (χ0n) is 10.1. The summed E-state index contributed by atoms with van der Waals surface area (Å²) in [6.45, 7) is 0.0956. The molecule has 0 aromatic heterocycles. The van der Waals surface area contributed by atoms with Gasteiger partial charge in [-0.3, -0.25) is 4.79 Å². The fourth-order valence-electron chi connectivity index (χ4n) is 2.08. The highest BCUT2D eigenvalue weighted by Gasteiger charge is 2.36. The molecule has 0 unspecified atom stereocenters. The van der Waals surface area contributed by atoms with Crippen LogP contribution in [0.15, 0.2) is 23.1 Å². The molecule has 1 aromatic carbocycles. The van der Waals surface area contributed by atoms with Crippen molar-refractivity contribution in [3.63, 3.8) is 0 Å². The minimum Gasteiger partial charge on any atom is -0.312 e. The molecular formula is C11H11F3N2O3S. The van der Waals surface area contributed by atoms with Crippen LogP contribution in [0.25, 0.3) is 0 Å². The van der Waals surface area contributed by atoms with Gasteiger partial charge in [0.05, 0.1) is 4.90 Å². The third-order valence-corrected chi connectivity index (χ3v) is 3.84. The summed E-state index contributed by atoms with van der Waals surface area (Å²) in [4.78, 5) is 12.5. The Morgan fingerprint density at radius 2 is 2.00 bits per heavy atom. The predicted molar refractivity (Wildman–Crippen MR) is 64.5 cm³/mol. The number of carbonyl (C=O) groups excluding carboxylic acids is 1. The maximum atomic E-state index is 12.2. The summed E-state index contributed by atoms with van der Waals surface area (Å²) in [6, 6.07) is 3.76. The molecule has 1 aliphatic rings. The number of primary sulfonamides is 1. The molecule has 1 heterocycles. The summed E-state index contributed by atoms with van der Waals surface area (Å²) in [7, 11) is -3.87. The summed E-state index contributed by atoms with van der Waals surface area (Å²) in [5.74, 6) is -1.06. The summed E-state index contributed by atoms with van der Waals surface area (Å²) >= 11 is 0. The van der Waals surface area contributed by atoms with Crippen LogP contribution in [-0.4, -0.2) is 27.0 Å². The number of fused-ring (bicyclic) bond motifs is 1. The zero-order chi connectivity index (χ0) is 15.1. The van der Waals surface area contributed by atoms with Gasteiger partial charge in [-0.25, -0.2) is 13.6 Å². The Bertz CT molecular complexity index is 655. The number of hydrogen-bond donors (Lipinski definition) is 1. The van der Waals surface area contributed by atoms with Gasteiger partial charge in [0, 0.05) is 12.2 Å². The second-order valence-corrected chi connectivity index (χ2v) is 5.98. The van der Waals surface area contributed by atoms with Gasteiger partial charge in [-0.15, -0.1) is 0 Å². The van der Waals surface area contributed by atoms with Crippen molar-refractivity contribution < 1.29 is 26.4 Å². The monoisotopic (exact) mass is 308 g/mol. The van der Waals surface area contributed by atoms with Crippen LogP contribution >= 0.6 is 0 Å². The molecule has 1 aromatic rings. The van der Waals surface area contributed by atoms with Gasteiger partial charge in [0.15, 0.2) is 0 Å². The van der Waals surface area contributed by atoms with Crippen molar-refractivity contribution >= 4 is 21.6 Å². The molecule has 0 fully saturated rings. The number of rotatable bonds is 2. The van der Waals surface area contributed by atoms with Crippen LogP contribution in [0.5, 0.6) is 0 Å². The Morgan fingerprint density at radius 1 is 1.35 bits per heavy atom. The molecular weight excluding hydrogens is 297 g/mol. The molecule has 0 saturated carbocycles. The molecule has 20 heavy (non-hydrogen) atoms. The van der Waals surface area contributed by atoms with Gasteiger partial charge in [0.2, 0.25) is 15.9 Å². The lowest BCUT2D eigenvalue weighted by Crippen LogP contribution is -2.32. The van der Waals surface area contributed by atoms with E-state index in [2.05, 4.69) is 0 Å². The number of anilines is 1. The Hall–Kier alpha value is -1.61. The molecule has 1 amide bonds. The van der Waals surface area contributed by atoms with Crippen LogP contribution in [0, 0.1) is 0 Å². The van der Waals surface area contributed by atoms with Crippen molar-refractivity contribution in [2.75, 3.05) is 11.4 Å². The second kappa shape index (κ2) is 4.74. The van der Waals surface area contributed by atoms with E-state index in [1.54, 1.807) is 0 Å². The molecule has 0 spiro atoms. The summed E-state index contributed by atoms with van der Waals surface area (Å²) in [5.41, 5.74) is 0.790. The summed E-state index contributed by atoms with van der Waals surface area (Å²) < 4.78 is 59.0. The average Bonchev–Trinajstić information content (AvgIpc) is 2.67. The quantitative estimate of drug-likeness (QED) is 0.890. The highest BCUT2D eigenvalue weighted by atomic mass is 32.2. The second-order valence-electron chi connectivity index (χ2n) is 4.42. The molecule has 2 rings (SSSR count). The summed E-state index contributed by atoms with van der Waals surface area (Å²) in [5, 5.41) is 4.97. The fraction of sp³-hybridized carbons (Fsp3) is 0.364. The number of nitrogens with two attached hydrogens (primary N) is 1. The smallest absolute Gasteiger partial charge is 0.312 e. The van der Waals surface area contributed by atoms with Gasteiger partial charge in [-0.05, 0) is 30.2 Å². The molecule has 9 heteroatoms. The van der Waals surface area contributed by atoms with E-state index in [0.29, 0.717) is 17.7 Å². The van der Waals surface area contributed by atoms with Crippen LogP contribution < -0.4 is 10.0 Å². The van der Waals surface area contributed by atoms with Crippen LogP contribution in [0.1, 0.15) is 12.0 Å². The Balaban J connectivity index is 2.29. The van der Waals surface area contributed by atoms with Gasteiger partial charge in [0.25, 0.3) is 0 Å². The Morgan fingerprint density at radius 3 is 2.55 bits per heavy atom. The zero-order valence-corrected chi connectivity index (χ0v) is 11.0. The van der Waals surface area contributed by atoms with E-state index in [1.807, 2.05) is 0 Å². The largest absolute Gasteiger partial charge is 0.397 e. The Kier molecular flexibility index (Phi) is 3.51. The Labute approximate surface area is 113 Å². The van der Waals surface area contributed by atoms with Crippen LogP contribution in [-0.2, 0) is 21.2 Å². The molecule has 0 bridgehead atoms. The molecule has 0 atom stereocenters. The normalized spacial score (nSPS) is 15.3. The van der Waals surface area contributed by atoms with Crippen molar-refractivity contribution in [2.24, 2.45) is 5.14 Å². The SMILES string of the molecule is NS(=O)(=O)c1ccc2c(c1)CCN2C(=O)CC(F)(F)F. The van der Waals surface area contributed by atoms with Crippen molar-refractivity contribution in [1.29, 1.82) is 0 Å². The van der Waals surface area contributed by atoms with E-state index in [-0.39, 0.29) is 11.4 Å². The fourth-order valence-corrected chi connectivity index (χ4v) is 2.65. The van der Waals surface area contributed by atoms with E-state index in [1.165, 1.54) is 18.2 Å². The van der Waals surface area contributed by atoms with Crippen molar-refractivity contribution in [3.05, 3.63) is 23.8 Å². The number of benzene rings is 1. The first-order chi connectivity index (χ1) is 9.08. The lowest BCUT2D eigenvalue weighted by Gasteiger charge is -2.18. The molecule has 110 valence electrons. The number of nitrogens with zero attached hydrogens (tertiary/aromatic N) is 1. The van der Waals surface area contributed by atoms with Gasteiger partial charge < -0.3 is 4.90 Å². The van der Waals surface area contributed by atoms with Crippen LogP contribution in [0.3, 0.4) is 0 Å². The molecule has 1 aliphatic heterocycles. The number of hydrogen-bond acceptors (Lipinski definition) is 3. The number of sulfonamides is 1. The third kappa shape index (κ3) is 3.10. The third-order valence-electron chi connectivity index (χ3n) is 2.93. The standard InChI is InChI=1S/C11H11F3N2O3S/c12-11(13,14)6-10(17)16-4-3-7-5-8(20(15,18)19)1-2-9(7)16/h1-2,5H,3-4,6H2,(H2,15,18,19). The lowest BCUT2D eigenvalue weighted by molar-refractivity contribution is -0.151. The number of amides is 1. The molecule has 2 N–H and O–H groups in total. The molecule has 0 aliphatic carbocycles. The molecule has 0 saturated heterocycles. The van der Waals surface area contributed by atoms with Crippen LogP contribution in [0.2, 0.25) is 0 Å². The van der Waals surface area contributed by atoms with Crippen molar-refractivity contribution in [2.45, 2.75) is 23.9 Å². The minimum absolute atomic E-state index is 0.0956. The lowest BCUT2D eigenvalue weighted by atomic mass is 10.2. The molecule has 0 radical (unpaired) electrons. The maximum absolute atomic E-state index is 12.2. The van der Waals surface area contributed by atoms with E-state index in [4.69, 9.17) is 5.14 Å². The van der Waals surface area contributed by atoms with E-state index in [9.17, 15) is 26.4 Å². The van der Waals surface area contributed by atoms with Gasteiger partial charge in [-0.1, -0.05) is 0 Å². The topological polar surface area (TPSA) is 80.5 Å². The minimum atomic E-state index is -4.57. The highest BCUT2D eigenvalue weighted by molar-refractivity contribution is 7.89. The van der Waals surface area contributed by atoms with Gasteiger partial charge in [-0.2, -0.15) is 13.2 Å². The first-order valence-electron chi connectivity index (χ1n) is 5.61. The van der Waals surface area contributed by atoms with E-state index < -0.39 is 28.5 Å². The predicted octanol–water partition coefficient (Wildman–Crippen LogP) is 1.18. The van der Waals surface area contributed by atoms with Gasteiger partial charge in [0.1, 0.15) is 6.42 Å². The van der Waals surface area contributed by atoms with Crippen LogP contribution in [0.4, 0.5) is 18.9 Å². The van der Waals surface area contributed by atoms with E-state index >= 15 is 0 Å². The van der Waals surface area contributed by atoms with Gasteiger partial charge >= 0.3 is 6.18 Å². The number of carbonyl (C=O) groups is 1. The number of halogens is 3. The van der Waals surface area contributed by atoms with E-state index in [0.717, 1.165) is 4.90 Å². The number of alkyl halides is 3. The summed E-state index contributed by atoms with van der Waals surface area (Å²) in [6.07, 6.45) is -5.81. The first-order valence-corrected chi connectivity index (χ1v) is 7.15. The van der Waals surface area contributed by atoms with Crippen molar-refractivity contribution in [1.82, 2.24) is 0 Å². The highest BCUT2D eigenvalue weighted by Crippen LogP contribution is 2.32. The van der Waals surface area contributed by atoms with Crippen molar-refractivity contribution in [3.8, 4) is 0 Å². The maximum Gasteiger partial charge on any atom is 0.397 e.